The highest BCUT2D eigenvalue weighted by molar-refractivity contribution is 7.99. The van der Waals surface area contributed by atoms with E-state index in [9.17, 15) is 5.11 Å². The minimum Gasteiger partial charge on any atom is -0.388 e. The Kier molecular flexibility index (Phi) is 4.24. The van der Waals surface area contributed by atoms with Gasteiger partial charge in [-0.25, -0.2) is 9.97 Å². The minimum atomic E-state index is -0.140. The normalized spacial score (nSPS) is 11.3. The van der Waals surface area contributed by atoms with Crippen molar-refractivity contribution in [3.05, 3.63) is 48.0 Å². The second-order valence-electron chi connectivity index (χ2n) is 5.49. The lowest BCUT2D eigenvalue weighted by molar-refractivity contribution is 0.266. The van der Waals surface area contributed by atoms with Gasteiger partial charge in [0.15, 0.2) is 11.0 Å². The number of aryl methyl sites for hydroxylation is 1. The Balaban J connectivity index is 1.80. The maximum absolute atomic E-state index is 9.29. The topological polar surface area (TPSA) is 76.7 Å². The SMILES string of the molecule is Cc1nc(Sc2nnc(CO)n2C)c2cc(-c3ccccc3)sc2n1. The number of thiophene rings is 1. The molecule has 0 radical (unpaired) electrons. The molecule has 3 aromatic heterocycles. The first-order valence-corrected chi connectivity index (χ1v) is 9.29. The van der Waals surface area contributed by atoms with Gasteiger partial charge in [-0.3, -0.25) is 0 Å². The lowest BCUT2D eigenvalue weighted by atomic mass is 10.2. The molecule has 6 nitrogen and oxygen atoms in total. The van der Waals surface area contributed by atoms with Crippen molar-refractivity contribution >= 4 is 33.3 Å². The van der Waals surface area contributed by atoms with Crippen LogP contribution in [0.5, 0.6) is 0 Å². The van der Waals surface area contributed by atoms with Crippen LogP contribution in [0.2, 0.25) is 0 Å². The van der Waals surface area contributed by atoms with E-state index in [-0.39, 0.29) is 6.61 Å². The van der Waals surface area contributed by atoms with E-state index in [1.54, 1.807) is 15.9 Å². The first-order valence-electron chi connectivity index (χ1n) is 7.66. The van der Waals surface area contributed by atoms with Gasteiger partial charge < -0.3 is 9.67 Å². The van der Waals surface area contributed by atoms with Gasteiger partial charge in [-0.05, 0) is 30.3 Å². The van der Waals surface area contributed by atoms with Crippen LogP contribution in [-0.2, 0) is 13.7 Å². The largest absolute Gasteiger partial charge is 0.388 e. The molecule has 1 aromatic carbocycles. The van der Waals surface area contributed by atoms with Crippen molar-refractivity contribution in [2.45, 2.75) is 23.7 Å². The third kappa shape index (κ3) is 3.04. The van der Waals surface area contributed by atoms with Gasteiger partial charge in [-0.15, -0.1) is 21.5 Å². The monoisotopic (exact) mass is 369 g/mol. The molecule has 0 atom stereocenters. The van der Waals surface area contributed by atoms with E-state index < -0.39 is 0 Å². The minimum absolute atomic E-state index is 0.140. The predicted molar refractivity (Wildman–Crippen MR) is 98.6 cm³/mol. The summed E-state index contributed by atoms with van der Waals surface area (Å²) in [5.41, 5.74) is 1.17. The second kappa shape index (κ2) is 6.55. The van der Waals surface area contributed by atoms with Crippen LogP contribution in [0.4, 0.5) is 0 Å². The molecule has 25 heavy (non-hydrogen) atoms. The molecule has 0 saturated carbocycles. The molecule has 8 heteroatoms. The van der Waals surface area contributed by atoms with Crippen molar-refractivity contribution in [2.75, 3.05) is 0 Å². The number of aliphatic hydroxyl groups excluding tert-OH is 1. The van der Waals surface area contributed by atoms with E-state index in [2.05, 4.69) is 38.4 Å². The number of benzene rings is 1. The maximum Gasteiger partial charge on any atom is 0.197 e. The summed E-state index contributed by atoms with van der Waals surface area (Å²) >= 11 is 3.09. The van der Waals surface area contributed by atoms with Crippen molar-refractivity contribution in [1.82, 2.24) is 24.7 Å². The van der Waals surface area contributed by atoms with Gasteiger partial charge in [0.2, 0.25) is 0 Å². The van der Waals surface area contributed by atoms with Gasteiger partial charge >= 0.3 is 0 Å². The van der Waals surface area contributed by atoms with Crippen molar-refractivity contribution < 1.29 is 5.11 Å². The quantitative estimate of drug-likeness (QED) is 0.555. The van der Waals surface area contributed by atoms with Crippen molar-refractivity contribution in [1.29, 1.82) is 0 Å². The van der Waals surface area contributed by atoms with E-state index in [0.29, 0.717) is 11.0 Å². The zero-order valence-corrected chi connectivity index (χ0v) is 15.3. The van der Waals surface area contributed by atoms with Crippen LogP contribution in [-0.4, -0.2) is 29.8 Å². The van der Waals surface area contributed by atoms with Crippen molar-refractivity contribution in [3.8, 4) is 10.4 Å². The van der Waals surface area contributed by atoms with Crippen molar-refractivity contribution in [3.63, 3.8) is 0 Å². The average molecular weight is 369 g/mol. The molecule has 0 aliphatic rings. The first kappa shape index (κ1) is 16.2. The van der Waals surface area contributed by atoms with Gasteiger partial charge in [-0.2, -0.15) is 0 Å². The van der Waals surface area contributed by atoms with Crippen LogP contribution in [0.15, 0.2) is 46.6 Å². The van der Waals surface area contributed by atoms with Gasteiger partial charge in [0.05, 0.1) is 0 Å². The van der Waals surface area contributed by atoms with Crippen LogP contribution >= 0.6 is 23.1 Å². The fourth-order valence-electron chi connectivity index (χ4n) is 2.48. The highest BCUT2D eigenvalue weighted by atomic mass is 32.2. The Labute approximate surface area is 152 Å². The van der Waals surface area contributed by atoms with E-state index in [1.165, 1.54) is 17.3 Å². The molecule has 0 aliphatic carbocycles. The van der Waals surface area contributed by atoms with Crippen LogP contribution in [0.1, 0.15) is 11.6 Å². The Morgan fingerprint density at radius 3 is 2.68 bits per heavy atom. The standard InChI is InChI=1S/C17H15N5OS2/c1-10-18-15-12(8-13(24-15)11-6-4-3-5-7-11)16(19-10)25-17-21-20-14(9-23)22(17)2/h3-8,23H,9H2,1-2H3. The van der Waals surface area contributed by atoms with E-state index >= 15 is 0 Å². The molecule has 0 bridgehead atoms. The van der Waals surface area contributed by atoms with Gasteiger partial charge in [0, 0.05) is 17.3 Å². The Bertz CT molecular complexity index is 1040. The highest BCUT2D eigenvalue weighted by Gasteiger charge is 2.16. The lowest BCUT2D eigenvalue weighted by Crippen LogP contribution is -1.99. The van der Waals surface area contributed by atoms with Crippen LogP contribution in [0, 0.1) is 6.92 Å². The molecule has 4 rings (SSSR count). The first-order chi connectivity index (χ1) is 12.2. The molecular formula is C17H15N5OS2. The van der Waals surface area contributed by atoms with Gasteiger partial charge in [0.1, 0.15) is 22.3 Å². The molecule has 126 valence electrons. The van der Waals surface area contributed by atoms with Gasteiger partial charge in [-0.1, -0.05) is 30.3 Å². The summed E-state index contributed by atoms with van der Waals surface area (Å²) in [5, 5.41) is 20.0. The summed E-state index contributed by atoms with van der Waals surface area (Å²) in [7, 11) is 1.84. The molecule has 3 heterocycles. The Morgan fingerprint density at radius 1 is 1.16 bits per heavy atom. The molecular weight excluding hydrogens is 354 g/mol. The van der Waals surface area contributed by atoms with E-state index in [1.807, 2.05) is 32.2 Å². The molecule has 0 saturated heterocycles. The number of rotatable bonds is 4. The molecule has 4 aromatic rings. The fourth-order valence-corrected chi connectivity index (χ4v) is 4.56. The lowest BCUT2D eigenvalue weighted by Gasteiger charge is -2.03. The summed E-state index contributed by atoms with van der Waals surface area (Å²) in [6.07, 6.45) is 0. The number of hydrogen-bond donors (Lipinski definition) is 1. The summed E-state index contributed by atoms with van der Waals surface area (Å²) in [6.45, 7) is 1.75. The number of aromatic nitrogens is 5. The number of hydrogen-bond acceptors (Lipinski definition) is 7. The predicted octanol–water partition coefficient (Wildman–Crippen LogP) is 3.44. The molecule has 0 aliphatic heterocycles. The number of fused-ring (bicyclic) bond motifs is 1. The molecule has 1 N–H and O–H groups in total. The smallest absolute Gasteiger partial charge is 0.197 e. The van der Waals surface area contributed by atoms with Crippen LogP contribution in [0.25, 0.3) is 20.7 Å². The molecule has 0 amide bonds. The summed E-state index contributed by atoms with van der Waals surface area (Å²) in [6, 6.07) is 12.4. The summed E-state index contributed by atoms with van der Waals surface area (Å²) < 4.78 is 1.78. The number of nitrogens with zero attached hydrogens (tertiary/aromatic N) is 5. The van der Waals surface area contributed by atoms with Crippen LogP contribution < -0.4 is 0 Å². The van der Waals surface area contributed by atoms with Crippen LogP contribution in [0.3, 0.4) is 0 Å². The van der Waals surface area contributed by atoms with E-state index in [0.717, 1.165) is 25.9 Å². The third-order valence-corrected chi connectivity index (χ3v) is 5.90. The third-order valence-electron chi connectivity index (χ3n) is 3.78. The Hall–Kier alpha value is -2.29. The highest BCUT2D eigenvalue weighted by Crippen LogP contribution is 2.38. The Morgan fingerprint density at radius 2 is 1.96 bits per heavy atom. The zero-order valence-electron chi connectivity index (χ0n) is 13.7. The average Bonchev–Trinajstić information content (AvgIpc) is 3.20. The van der Waals surface area contributed by atoms with Crippen molar-refractivity contribution in [2.24, 2.45) is 7.05 Å². The van der Waals surface area contributed by atoms with Gasteiger partial charge in [0.25, 0.3) is 0 Å². The molecule has 0 unspecified atom stereocenters. The number of aliphatic hydroxyl groups is 1. The zero-order chi connectivity index (χ0) is 17.4. The molecule has 0 spiro atoms. The summed E-state index contributed by atoms with van der Waals surface area (Å²) in [5.74, 6) is 1.25. The fraction of sp³-hybridized carbons (Fsp3) is 0.176. The summed E-state index contributed by atoms with van der Waals surface area (Å²) in [4.78, 5) is 11.3. The van der Waals surface area contributed by atoms with E-state index in [4.69, 9.17) is 0 Å². The second-order valence-corrected chi connectivity index (χ2v) is 7.48. The molecule has 0 fully saturated rings. The maximum atomic E-state index is 9.29.